The van der Waals surface area contributed by atoms with Gasteiger partial charge in [-0.1, -0.05) is 19.1 Å². The van der Waals surface area contributed by atoms with Crippen LogP contribution in [-0.4, -0.2) is 25.6 Å². The predicted octanol–water partition coefficient (Wildman–Crippen LogP) is 2.12. The van der Waals surface area contributed by atoms with E-state index >= 15 is 0 Å². The van der Waals surface area contributed by atoms with Gasteiger partial charge >= 0.3 is 0 Å². The lowest BCUT2D eigenvalue weighted by atomic mass is 10.1. The SMILES string of the molecule is CCSc1ccc(C(O)Cn2cncn2)cc1. The average molecular weight is 249 g/mol. The number of hydrogen-bond donors (Lipinski definition) is 1. The Balaban J connectivity index is 2.01. The van der Waals surface area contributed by atoms with Crippen molar-refractivity contribution in [2.75, 3.05) is 5.75 Å². The van der Waals surface area contributed by atoms with Crippen LogP contribution in [0.25, 0.3) is 0 Å². The van der Waals surface area contributed by atoms with E-state index in [1.807, 2.05) is 24.3 Å². The number of aliphatic hydroxyl groups excluding tert-OH is 1. The summed E-state index contributed by atoms with van der Waals surface area (Å²) in [7, 11) is 0. The molecule has 0 amide bonds. The number of aliphatic hydroxyl groups is 1. The minimum atomic E-state index is -0.544. The molecular formula is C12H15N3OS. The van der Waals surface area contributed by atoms with Crippen molar-refractivity contribution < 1.29 is 5.11 Å². The fourth-order valence-corrected chi connectivity index (χ4v) is 2.22. The van der Waals surface area contributed by atoms with Crippen molar-refractivity contribution in [3.8, 4) is 0 Å². The van der Waals surface area contributed by atoms with Crippen LogP contribution in [0.4, 0.5) is 0 Å². The summed E-state index contributed by atoms with van der Waals surface area (Å²) in [6, 6.07) is 7.99. The second kappa shape index (κ2) is 5.84. The number of thioether (sulfide) groups is 1. The van der Waals surface area contributed by atoms with Crippen LogP contribution in [0.5, 0.6) is 0 Å². The molecule has 0 aliphatic heterocycles. The fraction of sp³-hybridized carbons (Fsp3) is 0.333. The van der Waals surface area contributed by atoms with Gasteiger partial charge in [0.25, 0.3) is 0 Å². The molecule has 17 heavy (non-hydrogen) atoms. The van der Waals surface area contributed by atoms with Gasteiger partial charge in [-0.15, -0.1) is 11.8 Å². The van der Waals surface area contributed by atoms with Crippen LogP contribution in [-0.2, 0) is 6.54 Å². The van der Waals surface area contributed by atoms with Gasteiger partial charge in [-0.3, -0.25) is 4.68 Å². The van der Waals surface area contributed by atoms with Gasteiger partial charge in [0.2, 0.25) is 0 Å². The number of aromatic nitrogens is 3. The molecule has 1 atom stereocenters. The Morgan fingerprint density at radius 3 is 2.71 bits per heavy atom. The maximum Gasteiger partial charge on any atom is 0.137 e. The summed E-state index contributed by atoms with van der Waals surface area (Å²) in [5.41, 5.74) is 0.904. The fourth-order valence-electron chi connectivity index (χ4n) is 1.56. The van der Waals surface area contributed by atoms with Crippen LogP contribution >= 0.6 is 11.8 Å². The molecular weight excluding hydrogens is 234 g/mol. The van der Waals surface area contributed by atoms with Crippen LogP contribution in [0.2, 0.25) is 0 Å². The Labute approximate surface area is 105 Å². The summed E-state index contributed by atoms with van der Waals surface area (Å²) < 4.78 is 1.62. The first-order valence-corrected chi connectivity index (χ1v) is 6.51. The van der Waals surface area contributed by atoms with Crippen molar-refractivity contribution in [3.05, 3.63) is 42.5 Å². The third-order valence-electron chi connectivity index (χ3n) is 2.40. The lowest BCUT2D eigenvalue weighted by Crippen LogP contribution is -2.08. The minimum absolute atomic E-state index is 0.431. The average Bonchev–Trinajstić information content (AvgIpc) is 2.83. The van der Waals surface area contributed by atoms with Gasteiger partial charge < -0.3 is 5.11 Å². The van der Waals surface area contributed by atoms with Crippen LogP contribution in [0.3, 0.4) is 0 Å². The van der Waals surface area contributed by atoms with Gasteiger partial charge in [0, 0.05) is 4.90 Å². The molecule has 0 bridgehead atoms. The monoisotopic (exact) mass is 249 g/mol. The zero-order chi connectivity index (χ0) is 12.1. The summed E-state index contributed by atoms with van der Waals surface area (Å²) in [4.78, 5) is 5.07. The maximum atomic E-state index is 10.0. The highest BCUT2D eigenvalue weighted by Crippen LogP contribution is 2.21. The van der Waals surface area contributed by atoms with E-state index in [1.54, 1.807) is 22.8 Å². The molecule has 5 heteroatoms. The zero-order valence-corrected chi connectivity index (χ0v) is 10.5. The van der Waals surface area contributed by atoms with Gasteiger partial charge in [0.05, 0.1) is 12.6 Å². The van der Waals surface area contributed by atoms with Crippen molar-refractivity contribution in [3.63, 3.8) is 0 Å². The lowest BCUT2D eigenvalue weighted by molar-refractivity contribution is 0.151. The summed E-state index contributed by atoms with van der Waals surface area (Å²) in [5.74, 6) is 1.06. The Morgan fingerprint density at radius 2 is 2.12 bits per heavy atom. The smallest absolute Gasteiger partial charge is 0.137 e. The van der Waals surface area contributed by atoms with Crippen LogP contribution in [0, 0.1) is 0 Å². The van der Waals surface area contributed by atoms with E-state index in [9.17, 15) is 5.11 Å². The molecule has 2 aromatic rings. The molecule has 0 aliphatic rings. The highest BCUT2D eigenvalue weighted by Gasteiger charge is 2.08. The summed E-state index contributed by atoms with van der Waals surface area (Å²) in [6.45, 7) is 2.55. The molecule has 0 spiro atoms. The van der Waals surface area contributed by atoms with Crippen molar-refractivity contribution in [2.45, 2.75) is 24.5 Å². The number of benzene rings is 1. The van der Waals surface area contributed by atoms with Crippen LogP contribution < -0.4 is 0 Å². The molecule has 1 aromatic heterocycles. The number of rotatable bonds is 5. The van der Waals surface area contributed by atoms with E-state index in [0.29, 0.717) is 6.54 Å². The Hall–Kier alpha value is -1.33. The predicted molar refractivity (Wildman–Crippen MR) is 67.8 cm³/mol. The first-order chi connectivity index (χ1) is 8.29. The molecule has 1 N–H and O–H groups in total. The first kappa shape index (κ1) is 12.1. The molecule has 2 rings (SSSR count). The van der Waals surface area contributed by atoms with E-state index < -0.39 is 6.10 Å². The van der Waals surface area contributed by atoms with Crippen molar-refractivity contribution in [2.24, 2.45) is 0 Å². The molecule has 0 fully saturated rings. The second-order valence-electron chi connectivity index (χ2n) is 3.64. The van der Waals surface area contributed by atoms with E-state index in [1.165, 1.54) is 11.2 Å². The van der Waals surface area contributed by atoms with Crippen molar-refractivity contribution in [1.82, 2.24) is 14.8 Å². The topological polar surface area (TPSA) is 50.9 Å². The third-order valence-corrected chi connectivity index (χ3v) is 3.30. The number of hydrogen-bond acceptors (Lipinski definition) is 4. The molecule has 1 heterocycles. The Kier molecular flexibility index (Phi) is 4.17. The Bertz CT molecular complexity index is 441. The van der Waals surface area contributed by atoms with Crippen molar-refractivity contribution in [1.29, 1.82) is 0 Å². The molecule has 1 aromatic carbocycles. The number of nitrogens with zero attached hydrogens (tertiary/aromatic N) is 3. The Morgan fingerprint density at radius 1 is 1.35 bits per heavy atom. The highest BCUT2D eigenvalue weighted by atomic mass is 32.2. The quantitative estimate of drug-likeness (QED) is 0.825. The van der Waals surface area contributed by atoms with Gasteiger partial charge in [0.1, 0.15) is 12.7 Å². The molecule has 0 aliphatic carbocycles. The molecule has 0 saturated heterocycles. The maximum absolute atomic E-state index is 10.0. The van der Waals surface area contributed by atoms with Gasteiger partial charge in [-0.25, -0.2) is 4.98 Å². The standard InChI is InChI=1S/C12H15N3OS/c1-2-17-11-5-3-10(4-6-11)12(16)7-15-9-13-8-14-15/h3-6,8-9,12,16H,2,7H2,1H3. The van der Waals surface area contributed by atoms with Crippen molar-refractivity contribution >= 4 is 11.8 Å². The normalized spacial score (nSPS) is 12.6. The zero-order valence-electron chi connectivity index (χ0n) is 9.65. The summed E-state index contributed by atoms with van der Waals surface area (Å²) in [5, 5.41) is 14.0. The van der Waals surface area contributed by atoms with Gasteiger partial charge in [-0.2, -0.15) is 5.10 Å². The van der Waals surface area contributed by atoms with E-state index in [-0.39, 0.29) is 0 Å². The van der Waals surface area contributed by atoms with E-state index in [0.717, 1.165) is 11.3 Å². The van der Waals surface area contributed by atoms with Gasteiger partial charge in [-0.05, 0) is 23.4 Å². The highest BCUT2D eigenvalue weighted by molar-refractivity contribution is 7.99. The van der Waals surface area contributed by atoms with Crippen LogP contribution in [0.1, 0.15) is 18.6 Å². The molecule has 0 saturated carbocycles. The second-order valence-corrected chi connectivity index (χ2v) is 4.97. The van der Waals surface area contributed by atoms with Crippen LogP contribution in [0.15, 0.2) is 41.8 Å². The molecule has 4 nitrogen and oxygen atoms in total. The third kappa shape index (κ3) is 3.31. The van der Waals surface area contributed by atoms with E-state index in [4.69, 9.17) is 0 Å². The van der Waals surface area contributed by atoms with Gasteiger partial charge in [0.15, 0.2) is 0 Å². The molecule has 1 unspecified atom stereocenters. The molecule has 0 radical (unpaired) electrons. The first-order valence-electron chi connectivity index (χ1n) is 5.53. The molecule has 90 valence electrons. The summed E-state index contributed by atoms with van der Waals surface area (Å²) >= 11 is 1.79. The minimum Gasteiger partial charge on any atom is -0.386 e. The van der Waals surface area contributed by atoms with E-state index in [2.05, 4.69) is 17.0 Å². The lowest BCUT2D eigenvalue weighted by Gasteiger charge is -2.11. The largest absolute Gasteiger partial charge is 0.386 e. The summed E-state index contributed by atoms with van der Waals surface area (Å²) in [6.07, 6.45) is 2.52.